The van der Waals surface area contributed by atoms with E-state index in [9.17, 15) is 13.2 Å². The molecule has 3 nitrogen and oxygen atoms in total. The number of hydrogen-bond donors (Lipinski definition) is 1. The molecule has 1 aromatic rings. The normalized spacial score (nSPS) is 20.5. The SMILES string of the molecule is CNC(CCC1CCCO1)c1ccc(OC(F)(F)F)cc1. The smallest absolute Gasteiger partial charge is 0.406 e. The number of hydrogen-bond acceptors (Lipinski definition) is 3. The number of nitrogens with one attached hydrogen (secondary N) is 1. The summed E-state index contributed by atoms with van der Waals surface area (Å²) in [4.78, 5) is 0. The van der Waals surface area contributed by atoms with E-state index in [0.717, 1.165) is 37.9 Å². The second-order valence-corrected chi connectivity index (χ2v) is 5.17. The van der Waals surface area contributed by atoms with Crippen LogP contribution in [-0.4, -0.2) is 26.1 Å². The number of ether oxygens (including phenoxy) is 2. The van der Waals surface area contributed by atoms with Gasteiger partial charge in [-0.05, 0) is 50.4 Å². The van der Waals surface area contributed by atoms with Gasteiger partial charge in [0.2, 0.25) is 0 Å². The van der Waals surface area contributed by atoms with Gasteiger partial charge in [0.15, 0.2) is 0 Å². The molecule has 1 aliphatic heterocycles. The third kappa shape index (κ3) is 5.21. The lowest BCUT2D eigenvalue weighted by Gasteiger charge is -2.19. The van der Waals surface area contributed by atoms with E-state index >= 15 is 0 Å². The molecule has 1 aliphatic rings. The van der Waals surface area contributed by atoms with Crippen LogP contribution in [0.25, 0.3) is 0 Å². The molecule has 0 radical (unpaired) electrons. The van der Waals surface area contributed by atoms with E-state index < -0.39 is 6.36 Å². The zero-order valence-electron chi connectivity index (χ0n) is 12.0. The van der Waals surface area contributed by atoms with Crippen LogP contribution in [0.2, 0.25) is 0 Å². The van der Waals surface area contributed by atoms with Gasteiger partial charge in [0, 0.05) is 12.6 Å². The molecule has 118 valence electrons. The maximum Gasteiger partial charge on any atom is 0.573 e. The predicted octanol–water partition coefficient (Wildman–Crippen LogP) is 3.80. The van der Waals surface area contributed by atoms with Gasteiger partial charge < -0.3 is 14.8 Å². The van der Waals surface area contributed by atoms with Gasteiger partial charge in [-0.1, -0.05) is 12.1 Å². The summed E-state index contributed by atoms with van der Waals surface area (Å²) in [6.07, 6.45) is -0.294. The van der Waals surface area contributed by atoms with Gasteiger partial charge >= 0.3 is 6.36 Å². The molecule has 2 unspecified atom stereocenters. The van der Waals surface area contributed by atoms with Crippen LogP contribution in [0.15, 0.2) is 24.3 Å². The third-order valence-electron chi connectivity index (χ3n) is 3.67. The van der Waals surface area contributed by atoms with Crippen LogP contribution in [0.4, 0.5) is 13.2 Å². The lowest BCUT2D eigenvalue weighted by Crippen LogP contribution is -2.19. The Bertz CT molecular complexity index is 428. The van der Waals surface area contributed by atoms with Crippen LogP contribution in [0.3, 0.4) is 0 Å². The molecular weight excluding hydrogens is 283 g/mol. The average Bonchev–Trinajstić information content (AvgIpc) is 2.92. The highest BCUT2D eigenvalue weighted by molar-refractivity contribution is 5.29. The van der Waals surface area contributed by atoms with Gasteiger partial charge in [-0.25, -0.2) is 0 Å². The molecule has 0 aliphatic carbocycles. The van der Waals surface area contributed by atoms with Crippen molar-refractivity contribution in [3.8, 4) is 5.75 Å². The summed E-state index contributed by atoms with van der Waals surface area (Å²) >= 11 is 0. The van der Waals surface area contributed by atoms with Crippen molar-refractivity contribution in [2.75, 3.05) is 13.7 Å². The first-order valence-electron chi connectivity index (χ1n) is 7.12. The Morgan fingerprint density at radius 1 is 1.33 bits per heavy atom. The molecule has 0 amide bonds. The molecule has 1 N–H and O–H groups in total. The molecule has 6 heteroatoms. The van der Waals surface area contributed by atoms with Gasteiger partial charge in [-0.3, -0.25) is 0 Å². The fourth-order valence-corrected chi connectivity index (χ4v) is 2.60. The van der Waals surface area contributed by atoms with E-state index in [1.54, 1.807) is 12.1 Å². The summed E-state index contributed by atoms with van der Waals surface area (Å²) in [6, 6.07) is 6.13. The first-order chi connectivity index (χ1) is 9.98. The minimum absolute atomic E-state index is 0.106. The van der Waals surface area contributed by atoms with E-state index in [1.807, 2.05) is 7.05 Å². The predicted molar refractivity (Wildman–Crippen MR) is 73.1 cm³/mol. The van der Waals surface area contributed by atoms with Crippen LogP contribution in [0.1, 0.15) is 37.3 Å². The summed E-state index contributed by atoms with van der Waals surface area (Å²) in [5.41, 5.74) is 0.949. The van der Waals surface area contributed by atoms with Gasteiger partial charge in [0.05, 0.1) is 6.10 Å². The Hall–Kier alpha value is -1.27. The van der Waals surface area contributed by atoms with Crippen molar-refractivity contribution in [1.82, 2.24) is 5.32 Å². The highest BCUT2D eigenvalue weighted by Crippen LogP contribution is 2.27. The minimum Gasteiger partial charge on any atom is -0.406 e. The minimum atomic E-state index is -4.65. The lowest BCUT2D eigenvalue weighted by molar-refractivity contribution is -0.274. The van der Waals surface area contributed by atoms with Crippen molar-refractivity contribution < 1.29 is 22.6 Å². The Labute approximate surface area is 122 Å². The Balaban J connectivity index is 1.91. The summed E-state index contributed by atoms with van der Waals surface area (Å²) in [7, 11) is 1.85. The van der Waals surface area contributed by atoms with Crippen molar-refractivity contribution in [2.45, 2.75) is 44.2 Å². The van der Waals surface area contributed by atoms with Gasteiger partial charge in [0.25, 0.3) is 0 Å². The third-order valence-corrected chi connectivity index (χ3v) is 3.67. The second kappa shape index (κ2) is 7.13. The fourth-order valence-electron chi connectivity index (χ4n) is 2.60. The molecule has 0 bridgehead atoms. The standard InChI is InChI=1S/C15H20F3NO2/c1-19-14(9-8-12-3-2-10-20-12)11-4-6-13(7-5-11)21-15(16,17)18/h4-7,12,14,19H,2-3,8-10H2,1H3. The van der Waals surface area contributed by atoms with Gasteiger partial charge in [-0.2, -0.15) is 0 Å². The summed E-state index contributed by atoms with van der Waals surface area (Å²) < 4.78 is 45.8. The lowest BCUT2D eigenvalue weighted by atomic mass is 9.99. The summed E-state index contributed by atoms with van der Waals surface area (Å²) in [5.74, 6) is -0.194. The molecule has 21 heavy (non-hydrogen) atoms. The number of halogens is 3. The van der Waals surface area contributed by atoms with Crippen molar-refractivity contribution in [3.63, 3.8) is 0 Å². The maximum atomic E-state index is 12.1. The van der Waals surface area contributed by atoms with E-state index in [1.165, 1.54) is 12.1 Å². The second-order valence-electron chi connectivity index (χ2n) is 5.17. The highest BCUT2D eigenvalue weighted by atomic mass is 19.4. The number of rotatable bonds is 6. The number of alkyl halides is 3. The Morgan fingerprint density at radius 2 is 2.05 bits per heavy atom. The first-order valence-corrected chi connectivity index (χ1v) is 7.12. The quantitative estimate of drug-likeness (QED) is 0.867. The van der Waals surface area contributed by atoms with Gasteiger partial charge in [0.1, 0.15) is 5.75 Å². The highest BCUT2D eigenvalue weighted by Gasteiger charge is 2.31. The topological polar surface area (TPSA) is 30.5 Å². The van der Waals surface area contributed by atoms with Crippen molar-refractivity contribution in [3.05, 3.63) is 29.8 Å². The van der Waals surface area contributed by atoms with Crippen LogP contribution in [0.5, 0.6) is 5.75 Å². The molecule has 2 atom stereocenters. The zero-order valence-corrected chi connectivity index (χ0v) is 12.0. The number of benzene rings is 1. The van der Waals surface area contributed by atoms with E-state index in [4.69, 9.17) is 4.74 Å². The van der Waals surface area contributed by atoms with E-state index in [-0.39, 0.29) is 11.8 Å². The molecule has 0 saturated carbocycles. The zero-order chi connectivity index (χ0) is 15.3. The largest absolute Gasteiger partial charge is 0.573 e. The van der Waals surface area contributed by atoms with Crippen LogP contribution in [0, 0.1) is 0 Å². The molecule has 0 spiro atoms. The first kappa shape index (κ1) is 16.1. The molecule has 2 rings (SSSR count). The summed E-state index contributed by atoms with van der Waals surface area (Å²) in [6.45, 7) is 0.832. The fraction of sp³-hybridized carbons (Fsp3) is 0.600. The maximum absolute atomic E-state index is 12.1. The van der Waals surface area contributed by atoms with E-state index in [0.29, 0.717) is 6.10 Å². The molecule has 1 saturated heterocycles. The molecule has 0 aromatic heterocycles. The van der Waals surface area contributed by atoms with Crippen molar-refractivity contribution in [1.29, 1.82) is 0 Å². The van der Waals surface area contributed by atoms with Crippen LogP contribution >= 0.6 is 0 Å². The summed E-state index contributed by atoms with van der Waals surface area (Å²) in [5, 5.41) is 3.19. The van der Waals surface area contributed by atoms with Gasteiger partial charge in [-0.15, -0.1) is 13.2 Å². The van der Waals surface area contributed by atoms with Crippen molar-refractivity contribution >= 4 is 0 Å². The Morgan fingerprint density at radius 3 is 2.57 bits per heavy atom. The van der Waals surface area contributed by atoms with Crippen LogP contribution < -0.4 is 10.1 Å². The Kier molecular flexibility index (Phi) is 5.47. The monoisotopic (exact) mass is 303 g/mol. The molecular formula is C15H20F3NO2. The molecule has 1 fully saturated rings. The van der Waals surface area contributed by atoms with E-state index in [2.05, 4.69) is 10.1 Å². The average molecular weight is 303 g/mol. The van der Waals surface area contributed by atoms with Crippen LogP contribution in [-0.2, 0) is 4.74 Å². The van der Waals surface area contributed by atoms with Crippen molar-refractivity contribution in [2.24, 2.45) is 0 Å². The molecule has 1 aromatic carbocycles. The molecule has 1 heterocycles.